The topological polar surface area (TPSA) is 171 Å². The van der Waals surface area contributed by atoms with Gasteiger partial charge in [0.1, 0.15) is 35.2 Å². The van der Waals surface area contributed by atoms with Crippen LogP contribution in [0.2, 0.25) is 5.15 Å². The molecule has 1 heterocycles. The third-order valence-electron chi connectivity index (χ3n) is 1.52. The van der Waals surface area contributed by atoms with Gasteiger partial charge >= 0.3 is 29.6 Å². The van der Waals surface area contributed by atoms with Gasteiger partial charge < -0.3 is 14.8 Å². The third kappa shape index (κ3) is 5.97. The molecular formula is C8H3ClN5NaO3S. The monoisotopic (exact) mass is 307 g/mol. The Morgan fingerprint density at radius 3 is 1.89 bits per heavy atom. The maximum absolute atomic E-state index is 8.72. The van der Waals surface area contributed by atoms with Crippen LogP contribution in [0.4, 0.5) is 5.82 Å². The predicted octanol–water partition coefficient (Wildman–Crippen LogP) is -2.73. The van der Waals surface area contributed by atoms with Crippen LogP contribution in [0, 0.1) is 34.0 Å². The van der Waals surface area contributed by atoms with Crippen LogP contribution >= 0.6 is 11.6 Å². The number of nitrogens with zero attached hydrogens (tertiary/aromatic N) is 4. The number of anilines is 1. The number of nitrogens with two attached hydrogens (primary N) is 1. The van der Waals surface area contributed by atoms with Gasteiger partial charge in [0, 0.05) is 0 Å². The molecule has 0 spiro atoms. The van der Waals surface area contributed by atoms with Crippen molar-refractivity contribution in [3.8, 4) is 18.2 Å². The van der Waals surface area contributed by atoms with Crippen LogP contribution in [-0.4, -0.2) is 18.3 Å². The van der Waals surface area contributed by atoms with E-state index in [4.69, 9.17) is 46.4 Å². The maximum Gasteiger partial charge on any atom is 1.00 e. The normalized spacial score (nSPS) is 9.47. The molecule has 1 aromatic heterocycles. The molecule has 1 unspecified atom stereocenters. The summed E-state index contributed by atoms with van der Waals surface area (Å²) in [6.45, 7) is 0. The van der Waals surface area contributed by atoms with E-state index in [-0.39, 0.29) is 57.2 Å². The van der Waals surface area contributed by atoms with Crippen LogP contribution in [0.5, 0.6) is 0 Å². The molecule has 0 radical (unpaired) electrons. The maximum atomic E-state index is 8.72. The fraction of sp³-hybridized carbons (Fsp3) is 0. The van der Waals surface area contributed by atoms with Crippen LogP contribution in [0.15, 0.2) is 0 Å². The summed E-state index contributed by atoms with van der Waals surface area (Å²) in [7, 11) is 0. The molecular weight excluding hydrogens is 305 g/mol. The summed E-state index contributed by atoms with van der Waals surface area (Å²) < 4.78 is 24.1. The van der Waals surface area contributed by atoms with E-state index in [1.807, 2.05) is 0 Å². The molecule has 1 atom stereocenters. The molecule has 1 aromatic rings. The molecule has 0 aromatic carbocycles. The van der Waals surface area contributed by atoms with Crippen molar-refractivity contribution in [1.29, 1.82) is 15.8 Å². The summed E-state index contributed by atoms with van der Waals surface area (Å²) in [6, 6.07) is 5.09. The van der Waals surface area contributed by atoms with Crippen molar-refractivity contribution in [2.75, 3.05) is 5.73 Å². The van der Waals surface area contributed by atoms with Gasteiger partial charge in [-0.25, -0.2) is 9.19 Å². The van der Waals surface area contributed by atoms with Gasteiger partial charge in [0.25, 0.3) is 0 Å². The van der Waals surface area contributed by atoms with Crippen molar-refractivity contribution in [2.45, 2.75) is 0 Å². The van der Waals surface area contributed by atoms with E-state index in [1.165, 1.54) is 0 Å². The van der Waals surface area contributed by atoms with Gasteiger partial charge in [0.05, 0.1) is 16.9 Å². The summed E-state index contributed by atoms with van der Waals surface area (Å²) in [5.41, 5.74) is 4.98. The summed E-state index contributed by atoms with van der Waals surface area (Å²) in [5, 5.41) is 25.9. The van der Waals surface area contributed by atoms with Gasteiger partial charge in [0.15, 0.2) is 5.15 Å². The molecule has 8 nitrogen and oxygen atoms in total. The second kappa shape index (κ2) is 9.68. The van der Waals surface area contributed by atoms with Gasteiger partial charge in [0.2, 0.25) is 0 Å². The van der Waals surface area contributed by atoms with Crippen molar-refractivity contribution in [3.63, 3.8) is 0 Å². The molecule has 0 aliphatic heterocycles. The average molecular weight is 308 g/mol. The molecule has 11 heteroatoms. The quantitative estimate of drug-likeness (QED) is 0.295. The van der Waals surface area contributed by atoms with E-state index in [1.54, 1.807) is 18.2 Å². The predicted molar refractivity (Wildman–Crippen MR) is 59.4 cm³/mol. The van der Waals surface area contributed by atoms with Crippen LogP contribution in [0.3, 0.4) is 0 Å². The number of nitriles is 3. The van der Waals surface area contributed by atoms with Crippen molar-refractivity contribution in [2.24, 2.45) is 0 Å². The molecule has 0 aliphatic rings. The van der Waals surface area contributed by atoms with Gasteiger partial charge in [-0.2, -0.15) is 15.8 Å². The number of hydrogen-bond acceptors (Lipinski definition) is 7. The number of nitrogen functional groups attached to an aromatic ring is 1. The van der Waals surface area contributed by atoms with Crippen molar-refractivity contribution < 1.29 is 42.9 Å². The van der Waals surface area contributed by atoms with E-state index in [2.05, 4.69) is 4.98 Å². The number of rotatable bonds is 0. The SMILES string of the molecule is N#Cc1c(N)nc(Cl)c(C#N)c1C#N.O=S([O-])O.[Na+]. The Bertz CT molecular complexity index is 577. The van der Waals surface area contributed by atoms with E-state index in [0.717, 1.165) is 0 Å². The number of aromatic nitrogens is 1. The van der Waals surface area contributed by atoms with Crippen molar-refractivity contribution in [1.82, 2.24) is 4.98 Å². The van der Waals surface area contributed by atoms with Crippen LogP contribution in [-0.2, 0) is 11.4 Å². The Balaban J connectivity index is 0. The molecule has 0 fully saturated rings. The smallest absolute Gasteiger partial charge is 0.750 e. The molecule has 92 valence electrons. The second-order valence-corrected chi connectivity index (χ2v) is 3.26. The first-order chi connectivity index (χ1) is 8.38. The summed E-state index contributed by atoms with van der Waals surface area (Å²) in [4.78, 5) is 3.57. The average Bonchev–Trinajstić information content (AvgIpc) is 2.27. The molecule has 19 heavy (non-hydrogen) atoms. The fourth-order valence-electron chi connectivity index (χ4n) is 0.901. The van der Waals surface area contributed by atoms with E-state index >= 15 is 0 Å². The molecule has 0 saturated heterocycles. The molecule has 0 saturated carbocycles. The zero-order chi connectivity index (χ0) is 14.3. The molecule has 0 amide bonds. The number of halogens is 1. The Kier molecular flexibility index (Phi) is 10.2. The van der Waals surface area contributed by atoms with E-state index < -0.39 is 11.4 Å². The summed E-state index contributed by atoms with van der Waals surface area (Å²) in [6.07, 6.45) is 0. The van der Waals surface area contributed by atoms with Gasteiger partial charge in [-0.05, 0) is 0 Å². The van der Waals surface area contributed by atoms with Crippen molar-refractivity contribution >= 4 is 28.8 Å². The summed E-state index contributed by atoms with van der Waals surface area (Å²) >= 11 is 2.71. The zero-order valence-corrected chi connectivity index (χ0v) is 13.0. The second-order valence-electron chi connectivity index (χ2n) is 2.47. The molecule has 0 aliphatic carbocycles. The van der Waals surface area contributed by atoms with Gasteiger partial charge in [-0.15, -0.1) is 0 Å². The number of pyridine rings is 1. The first-order valence-corrected chi connectivity index (χ1v) is 5.27. The van der Waals surface area contributed by atoms with Crippen LogP contribution < -0.4 is 35.3 Å². The number of hydrogen-bond donors (Lipinski definition) is 2. The Morgan fingerprint density at radius 1 is 1.21 bits per heavy atom. The minimum absolute atomic E-state index is 0. The fourth-order valence-corrected chi connectivity index (χ4v) is 1.13. The minimum Gasteiger partial charge on any atom is -0.750 e. The van der Waals surface area contributed by atoms with Crippen LogP contribution in [0.25, 0.3) is 0 Å². The molecule has 0 bridgehead atoms. The first kappa shape index (κ1) is 20.1. The minimum atomic E-state index is -2.86. The zero-order valence-electron chi connectivity index (χ0n) is 9.42. The van der Waals surface area contributed by atoms with Gasteiger partial charge in [-0.1, -0.05) is 11.6 Å². The molecule has 3 N–H and O–H groups in total. The Hall–Kier alpha value is -1.22. The largest absolute Gasteiger partial charge is 1.00 e. The van der Waals surface area contributed by atoms with E-state index in [0.29, 0.717) is 0 Å². The summed E-state index contributed by atoms with van der Waals surface area (Å²) in [5.74, 6) is -0.145. The van der Waals surface area contributed by atoms with E-state index in [9.17, 15) is 0 Å². The first-order valence-electron chi connectivity index (χ1n) is 3.86. The Labute approximate surface area is 137 Å². The third-order valence-corrected chi connectivity index (χ3v) is 1.79. The standard InChI is InChI=1S/C8H2ClN5.Na.H2O3S/c9-7-5(2-11)4(1-10)6(3-12)8(13)14-7;;1-4(2)3/h(H2,13,14);;(H2,1,2,3)/q;+1;/p-1. The Morgan fingerprint density at radius 2 is 1.58 bits per heavy atom. The van der Waals surface area contributed by atoms with Crippen LogP contribution in [0.1, 0.15) is 16.7 Å². The molecule has 1 rings (SSSR count). The van der Waals surface area contributed by atoms with Crippen molar-refractivity contribution in [3.05, 3.63) is 21.8 Å². The van der Waals surface area contributed by atoms with Gasteiger partial charge in [-0.3, -0.25) is 0 Å².